The first kappa shape index (κ1) is 26.0. The molecule has 1 N–H and O–H groups in total. The fourth-order valence-electron chi connectivity index (χ4n) is 4.28. The Morgan fingerprint density at radius 1 is 1.03 bits per heavy atom. The minimum absolute atomic E-state index is 0.0507. The van der Waals surface area contributed by atoms with E-state index in [1.165, 1.54) is 18.2 Å². The van der Waals surface area contributed by atoms with Gasteiger partial charge in [-0.2, -0.15) is 0 Å². The third-order valence-corrected chi connectivity index (χ3v) is 6.67. The van der Waals surface area contributed by atoms with Gasteiger partial charge in [0.1, 0.15) is 6.10 Å². The molecule has 2 aromatic rings. The van der Waals surface area contributed by atoms with Gasteiger partial charge in [-0.15, -0.1) is 0 Å². The largest absolute Gasteiger partial charge is 0.458 e. The maximum Gasteiger partial charge on any atom is 0.339 e. The fourth-order valence-corrected chi connectivity index (χ4v) is 4.73. The summed E-state index contributed by atoms with van der Waals surface area (Å²) >= 11 is 11.9. The monoisotopic (exact) mass is 505 g/mol. The second kappa shape index (κ2) is 11.7. The smallest absolute Gasteiger partial charge is 0.339 e. The number of amides is 1. The van der Waals surface area contributed by atoms with Crippen molar-refractivity contribution in [2.24, 2.45) is 17.8 Å². The van der Waals surface area contributed by atoms with Gasteiger partial charge in [0.25, 0.3) is 5.91 Å². The standard InChI is InChI=1S/C26H29Cl2NO5/c1-15(2)18-10-8-16(3)12-23(18)34-26(32)20-7-5-4-6-19(20)25(31)33-14-24(30)29-22-11-9-17(27)13-21(22)28/h4-7,9,11,13,15-16,18,23H,8,10,12,14H2,1-3H3,(H,29,30)/t16-,18-,23-/m1/s1. The molecular formula is C26H29Cl2NO5. The van der Waals surface area contributed by atoms with Crippen LogP contribution in [0.1, 0.15) is 60.7 Å². The van der Waals surface area contributed by atoms with Gasteiger partial charge in [0.05, 0.1) is 21.8 Å². The summed E-state index contributed by atoms with van der Waals surface area (Å²) in [7, 11) is 0. The van der Waals surface area contributed by atoms with E-state index in [1.807, 2.05) is 0 Å². The van der Waals surface area contributed by atoms with Crippen LogP contribution < -0.4 is 5.32 Å². The van der Waals surface area contributed by atoms with Crippen molar-refractivity contribution in [2.75, 3.05) is 11.9 Å². The highest BCUT2D eigenvalue weighted by Crippen LogP contribution is 2.36. The predicted molar refractivity (Wildman–Crippen MR) is 132 cm³/mol. The molecule has 0 aromatic heterocycles. The molecule has 1 fully saturated rings. The van der Waals surface area contributed by atoms with Gasteiger partial charge >= 0.3 is 11.9 Å². The Hall–Kier alpha value is -2.57. The van der Waals surface area contributed by atoms with Crippen LogP contribution in [-0.4, -0.2) is 30.6 Å². The van der Waals surface area contributed by atoms with E-state index in [4.69, 9.17) is 32.7 Å². The van der Waals surface area contributed by atoms with Gasteiger partial charge in [0.15, 0.2) is 6.61 Å². The summed E-state index contributed by atoms with van der Waals surface area (Å²) in [6.45, 7) is 5.88. The Morgan fingerprint density at radius 3 is 2.35 bits per heavy atom. The Bertz CT molecular complexity index is 1060. The fraction of sp³-hybridized carbons (Fsp3) is 0.423. The molecule has 3 atom stereocenters. The molecule has 8 heteroatoms. The molecule has 0 radical (unpaired) electrons. The van der Waals surface area contributed by atoms with Gasteiger partial charge in [-0.1, -0.05) is 62.5 Å². The average Bonchev–Trinajstić information content (AvgIpc) is 2.79. The quantitative estimate of drug-likeness (QED) is 0.439. The van der Waals surface area contributed by atoms with Crippen LogP contribution in [0.4, 0.5) is 5.69 Å². The van der Waals surface area contributed by atoms with E-state index < -0.39 is 24.5 Å². The molecule has 0 saturated heterocycles. The predicted octanol–water partition coefficient (Wildman–Crippen LogP) is 6.41. The van der Waals surface area contributed by atoms with Crippen molar-refractivity contribution in [1.82, 2.24) is 0 Å². The normalized spacial score (nSPS) is 20.0. The number of ether oxygens (including phenoxy) is 2. The van der Waals surface area contributed by atoms with Crippen LogP contribution in [0.25, 0.3) is 0 Å². The lowest BCUT2D eigenvalue weighted by Crippen LogP contribution is -2.36. The van der Waals surface area contributed by atoms with E-state index in [-0.39, 0.29) is 28.2 Å². The number of hydrogen-bond donors (Lipinski definition) is 1. The van der Waals surface area contributed by atoms with Crippen LogP contribution >= 0.6 is 23.2 Å². The molecule has 0 bridgehead atoms. The molecule has 0 unspecified atom stereocenters. The number of rotatable bonds is 7. The van der Waals surface area contributed by atoms with E-state index in [0.29, 0.717) is 22.5 Å². The van der Waals surface area contributed by atoms with Gasteiger partial charge in [0, 0.05) is 5.02 Å². The number of anilines is 1. The molecule has 6 nitrogen and oxygen atoms in total. The third-order valence-electron chi connectivity index (χ3n) is 6.13. The van der Waals surface area contributed by atoms with Crippen LogP contribution in [0.2, 0.25) is 10.0 Å². The Kier molecular flexibility index (Phi) is 8.97. The van der Waals surface area contributed by atoms with E-state index in [9.17, 15) is 14.4 Å². The van der Waals surface area contributed by atoms with Gasteiger partial charge in [-0.05, 0) is 60.9 Å². The molecule has 182 valence electrons. The van der Waals surface area contributed by atoms with Crippen LogP contribution in [0.5, 0.6) is 0 Å². The molecule has 1 amide bonds. The van der Waals surface area contributed by atoms with Crippen LogP contribution in [0.3, 0.4) is 0 Å². The molecule has 1 saturated carbocycles. The number of esters is 2. The van der Waals surface area contributed by atoms with Crippen molar-refractivity contribution in [2.45, 2.75) is 46.1 Å². The van der Waals surface area contributed by atoms with Gasteiger partial charge in [0.2, 0.25) is 0 Å². The lowest BCUT2D eigenvalue weighted by molar-refractivity contribution is -0.119. The summed E-state index contributed by atoms with van der Waals surface area (Å²) in [5.41, 5.74) is 0.515. The number of benzene rings is 2. The van der Waals surface area contributed by atoms with E-state index in [0.717, 1.165) is 19.3 Å². The number of halogens is 2. The third kappa shape index (κ3) is 6.73. The van der Waals surface area contributed by atoms with Crippen molar-refractivity contribution >= 4 is 46.7 Å². The highest BCUT2D eigenvalue weighted by atomic mass is 35.5. The summed E-state index contributed by atoms with van der Waals surface area (Å²) in [4.78, 5) is 38.0. The van der Waals surface area contributed by atoms with Crippen molar-refractivity contribution in [3.05, 3.63) is 63.6 Å². The first-order chi connectivity index (χ1) is 16.2. The zero-order valence-electron chi connectivity index (χ0n) is 19.5. The molecule has 3 rings (SSSR count). The van der Waals surface area contributed by atoms with E-state index in [2.05, 4.69) is 26.1 Å². The first-order valence-corrected chi connectivity index (χ1v) is 12.1. The summed E-state index contributed by atoms with van der Waals surface area (Å²) in [6, 6.07) is 10.9. The van der Waals surface area contributed by atoms with Gasteiger partial charge in [-0.25, -0.2) is 9.59 Å². The second-order valence-corrected chi connectivity index (χ2v) is 9.91. The van der Waals surface area contributed by atoms with Crippen molar-refractivity contribution in [3.8, 4) is 0 Å². The Balaban J connectivity index is 1.65. The maximum atomic E-state index is 13.0. The average molecular weight is 506 g/mol. The zero-order valence-corrected chi connectivity index (χ0v) is 21.0. The Morgan fingerprint density at radius 2 is 1.71 bits per heavy atom. The van der Waals surface area contributed by atoms with Crippen molar-refractivity contribution in [1.29, 1.82) is 0 Å². The number of hydrogen-bond acceptors (Lipinski definition) is 5. The van der Waals surface area contributed by atoms with E-state index in [1.54, 1.807) is 24.3 Å². The summed E-state index contributed by atoms with van der Waals surface area (Å²) in [5.74, 6) is -0.785. The minimum Gasteiger partial charge on any atom is -0.458 e. The summed E-state index contributed by atoms with van der Waals surface area (Å²) in [6.07, 6.45) is 2.72. The highest BCUT2D eigenvalue weighted by Gasteiger charge is 2.34. The number of nitrogens with one attached hydrogen (secondary N) is 1. The second-order valence-electron chi connectivity index (χ2n) is 9.06. The Labute approximate surface area is 209 Å². The number of carbonyl (C=O) groups is 3. The van der Waals surface area contributed by atoms with Gasteiger partial charge in [-0.3, -0.25) is 4.79 Å². The molecule has 0 spiro atoms. The molecule has 0 aliphatic heterocycles. The zero-order chi connectivity index (χ0) is 24.8. The topological polar surface area (TPSA) is 81.7 Å². The molecule has 1 aliphatic rings. The molecule has 34 heavy (non-hydrogen) atoms. The molecule has 0 heterocycles. The van der Waals surface area contributed by atoms with Crippen molar-refractivity contribution < 1.29 is 23.9 Å². The summed E-state index contributed by atoms with van der Waals surface area (Å²) in [5, 5.41) is 3.25. The first-order valence-electron chi connectivity index (χ1n) is 11.4. The lowest BCUT2D eigenvalue weighted by atomic mass is 9.75. The molecule has 2 aromatic carbocycles. The molecule has 1 aliphatic carbocycles. The van der Waals surface area contributed by atoms with Crippen LogP contribution in [0, 0.1) is 17.8 Å². The highest BCUT2D eigenvalue weighted by molar-refractivity contribution is 6.36. The lowest BCUT2D eigenvalue weighted by Gasteiger charge is -2.36. The maximum absolute atomic E-state index is 13.0. The SMILES string of the molecule is CC(C)[C@H]1CC[C@@H](C)C[C@H]1OC(=O)c1ccccc1C(=O)OCC(=O)Nc1ccc(Cl)cc1Cl. The van der Waals surface area contributed by atoms with Crippen molar-refractivity contribution in [3.63, 3.8) is 0 Å². The van der Waals surface area contributed by atoms with Gasteiger partial charge < -0.3 is 14.8 Å². The molecular weight excluding hydrogens is 477 g/mol. The van der Waals surface area contributed by atoms with Crippen LogP contribution in [0.15, 0.2) is 42.5 Å². The van der Waals surface area contributed by atoms with E-state index >= 15 is 0 Å². The summed E-state index contributed by atoms with van der Waals surface area (Å²) < 4.78 is 11.0. The number of carbonyl (C=O) groups excluding carboxylic acids is 3. The van der Waals surface area contributed by atoms with Crippen LogP contribution in [-0.2, 0) is 14.3 Å². The minimum atomic E-state index is -0.790.